The third kappa shape index (κ3) is 2.88. The highest BCUT2D eigenvalue weighted by atomic mass is 79.9. The molecule has 0 atom stereocenters. The zero-order valence-corrected chi connectivity index (χ0v) is 9.30. The highest BCUT2D eigenvalue weighted by molar-refractivity contribution is 9.10. The molecule has 1 aromatic rings. The van der Waals surface area contributed by atoms with Gasteiger partial charge in [-0.3, -0.25) is 0 Å². The summed E-state index contributed by atoms with van der Waals surface area (Å²) < 4.78 is 11.4. The molecule has 0 spiro atoms. The first-order chi connectivity index (χ1) is 6.27. The molecule has 1 aromatic heterocycles. The van der Waals surface area contributed by atoms with Crippen molar-refractivity contribution in [3.63, 3.8) is 0 Å². The van der Waals surface area contributed by atoms with Gasteiger partial charge >= 0.3 is 0 Å². The van der Waals surface area contributed by atoms with Crippen LogP contribution in [-0.2, 0) is 0 Å². The molecular weight excluding hydrogens is 234 g/mol. The van der Waals surface area contributed by atoms with Crippen LogP contribution in [-0.4, -0.2) is 18.7 Å². The van der Waals surface area contributed by atoms with E-state index in [2.05, 4.69) is 20.9 Å². The van der Waals surface area contributed by atoms with E-state index in [4.69, 9.17) is 9.47 Å². The van der Waals surface area contributed by atoms with Crippen molar-refractivity contribution in [3.05, 3.63) is 16.7 Å². The van der Waals surface area contributed by atoms with Gasteiger partial charge in [0.1, 0.15) is 0 Å². The molecule has 0 fully saturated rings. The zero-order chi connectivity index (χ0) is 9.68. The molecule has 0 saturated heterocycles. The molecule has 13 heavy (non-hydrogen) atoms. The number of hydrogen-bond acceptors (Lipinski definition) is 3. The van der Waals surface area contributed by atoms with Crippen molar-refractivity contribution in [2.45, 2.75) is 13.3 Å². The van der Waals surface area contributed by atoms with Crippen LogP contribution < -0.4 is 9.47 Å². The molecule has 0 saturated carbocycles. The van der Waals surface area contributed by atoms with E-state index >= 15 is 0 Å². The minimum absolute atomic E-state index is 0.549. The molecular formula is C9H12BrNO2. The lowest BCUT2D eigenvalue weighted by atomic mass is 10.4. The summed E-state index contributed by atoms with van der Waals surface area (Å²) in [4.78, 5) is 4.09. The summed E-state index contributed by atoms with van der Waals surface area (Å²) >= 11 is 3.31. The van der Waals surface area contributed by atoms with Gasteiger partial charge in [-0.05, 0) is 22.4 Å². The number of nitrogens with zero attached hydrogens (tertiary/aromatic N) is 1. The van der Waals surface area contributed by atoms with Crippen LogP contribution in [0.1, 0.15) is 13.3 Å². The molecule has 4 heteroatoms. The summed E-state index contributed by atoms with van der Waals surface area (Å²) in [6.07, 6.45) is 2.65. The first-order valence-electron chi connectivity index (χ1n) is 4.10. The molecule has 0 aromatic carbocycles. The third-order valence-electron chi connectivity index (χ3n) is 1.45. The van der Waals surface area contributed by atoms with Gasteiger partial charge in [0.2, 0.25) is 0 Å². The van der Waals surface area contributed by atoms with Crippen molar-refractivity contribution in [1.29, 1.82) is 0 Å². The second-order valence-electron chi connectivity index (χ2n) is 2.51. The number of methoxy groups -OCH3 is 1. The standard InChI is InChI=1S/C9H12BrNO2/c1-3-4-13-9-8(12-2)5-7(10)6-11-9/h5-6H,3-4H2,1-2H3. The lowest BCUT2D eigenvalue weighted by Gasteiger charge is -2.08. The van der Waals surface area contributed by atoms with Crippen molar-refractivity contribution in [2.75, 3.05) is 13.7 Å². The Hall–Kier alpha value is -0.770. The average molecular weight is 246 g/mol. The molecule has 0 aliphatic carbocycles. The number of hydrogen-bond donors (Lipinski definition) is 0. The Morgan fingerprint density at radius 1 is 1.54 bits per heavy atom. The largest absolute Gasteiger partial charge is 0.491 e. The van der Waals surface area contributed by atoms with E-state index < -0.39 is 0 Å². The van der Waals surface area contributed by atoms with Crippen LogP contribution in [0.15, 0.2) is 16.7 Å². The summed E-state index contributed by atoms with van der Waals surface area (Å²) in [5.74, 6) is 1.20. The van der Waals surface area contributed by atoms with Crippen molar-refractivity contribution >= 4 is 15.9 Å². The Labute approximate surface area is 86.2 Å². The number of rotatable bonds is 4. The van der Waals surface area contributed by atoms with Gasteiger partial charge in [-0.2, -0.15) is 0 Å². The molecule has 0 N–H and O–H groups in total. The fourth-order valence-corrected chi connectivity index (χ4v) is 1.17. The van der Waals surface area contributed by atoms with Gasteiger partial charge in [0.05, 0.1) is 13.7 Å². The second kappa shape index (κ2) is 5.07. The second-order valence-corrected chi connectivity index (χ2v) is 3.43. The fourth-order valence-electron chi connectivity index (χ4n) is 0.862. The van der Waals surface area contributed by atoms with Crippen molar-refractivity contribution in [1.82, 2.24) is 4.98 Å². The fraction of sp³-hybridized carbons (Fsp3) is 0.444. The predicted molar refractivity (Wildman–Crippen MR) is 54.3 cm³/mol. The van der Waals surface area contributed by atoms with Crippen LogP contribution in [0, 0.1) is 0 Å². The molecule has 3 nitrogen and oxygen atoms in total. The minimum atomic E-state index is 0.549. The van der Waals surface area contributed by atoms with E-state index in [1.807, 2.05) is 13.0 Å². The highest BCUT2D eigenvalue weighted by Crippen LogP contribution is 2.27. The summed E-state index contributed by atoms with van der Waals surface area (Å²) in [5, 5.41) is 0. The minimum Gasteiger partial charge on any atom is -0.491 e. The van der Waals surface area contributed by atoms with E-state index in [0.717, 1.165) is 10.9 Å². The van der Waals surface area contributed by atoms with Crippen molar-refractivity contribution < 1.29 is 9.47 Å². The Morgan fingerprint density at radius 2 is 2.31 bits per heavy atom. The van der Waals surface area contributed by atoms with Gasteiger partial charge < -0.3 is 9.47 Å². The monoisotopic (exact) mass is 245 g/mol. The first kappa shape index (κ1) is 10.3. The smallest absolute Gasteiger partial charge is 0.257 e. The molecule has 72 valence electrons. The lowest BCUT2D eigenvalue weighted by molar-refractivity contribution is 0.282. The van der Waals surface area contributed by atoms with Crippen LogP contribution >= 0.6 is 15.9 Å². The molecule has 0 unspecified atom stereocenters. The normalized spacial score (nSPS) is 9.77. The quantitative estimate of drug-likeness (QED) is 0.818. The molecule has 0 aliphatic rings. The van der Waals surface area contributed by atoms with Crippen molar-refractivity contribution in [2.24, 2.45) is 0 Å². The van der Waals surface area contributed by atoms with Gasteiger partial charge in [-0.15, -0.1) is 0 Å². The number of halogens is 1. The lowest BCUT2D eigenvalue weighted by Crippen LogP contribution is -1.99. The van der Waals surface area contributed by atoms with Gasteiger partial charge in [-0.1, -0.05) is 6.92 Å². The summed E-state index contributed by atoms with van der Waals surface area (Å²) in [6.45, 7) is 2.70. The topological polar surface area (TPSA) is 31.4 Å². The van der Waals surface area contributed by atoms with E-state index in [1.54, 1.807) is 13.3 Å². The van der Waals surface area contributed by atoms with Gasteiger partial charge in [-0.25, -0.2) is 4.98 Å². The maximum absolute atomic E-state index is 5.38. The summed E-state index contributed by atoms with van der Waals surface area (Å²) in [6, 6.07) is 1.83. The molecule has 1 heterocycles. The van der Waals surface area contributed by atoms with Crippen LogP contribution in [0.4, 0.5) is 0 Å². The summed E-state index contributed by atoms with van der Waals surface area (Å²) in [5.41, 5.74) is 0. The average Bonchev–Trinajstić information content (AvgIpc) is 2.16. The molecule has 0 radical (unpaired) electrons. The zero-order valence-electron chi connectivity index (χ0n) is 7.71. The summed E-state index contributed by atoms with van der Waals surface area (Å²) in [7, 11) is 1.60. The van der Waals surface area contributed by atoms with E-state index in [0.29, 0.717) is 18.2 Å². The molecule has 0 aliphatic heterocycles. The third-order valence-corrected chi connectivity index (χ3v) is 1.88. The Kier molecular flexibility index (Phi) is 4.02. The SMILES string of the molecule is CCCOc1ncc(Br)cc1OC. The molecule has 0 amide bonds. The van der Waals surface area contributed by atoms with Gasteiger partial charge in [0, 0.05) is 16.7 Å². The maximum Gasteiger partial charge on any atom is 0.257 e. The highest BCUT2D eigenvalue weighted by Gasteiger charge is 2.05. The van der Waals surface area contributed by atoms with Gasteiger partial charge in [0.15, 0.2) is 5.75 Å². The van der Waals surface area contributed by atoms with Crippen LogP contribution in [0.3, 0.4) is 0 Å². The van der Waals surface area contributed by atoms with Gasteiger partial charge in [0.25, 0.3) is 5.88 Å². The number of pyridine rings is 1. The molecule has 0 bridgehead atoms. The number of aromatic nitrogens is 1. The number of ether oxygens (including phenoxy) is 2. The Morgan fingerprint density at radius 3 is 2.92 bits per heavy atom. The molecule has 1 rings (SSSR count). The van der Waals surface area contributed by atoms with E-state index in [9.17, 15) is 0 Å². The van der Waals surface area contributed by atoms with E-state index in [-0.39, 0.29) is 0 Å². The first-order valence-corrected chi connectivity index (χ1v) is 4.89. The Balaban J connectivity index is 2.79. The van der Waals surface area contributed by atoms with Crippen LogP contribution in [0.5, 0.6) is 11.6 Å². The van der Waals surface area contributed by atoms with E-state index in [1.165, 1.54) is 0 Å². The predicted octanol–water partition coefficient (Wildman–Crippen LogP) is 2.64. The van der Waals surface area contributed by atoms with Crippen LogP contribution in [0.25, 0.3) is 0 Å². The Bertz CT molecular complexity index is 278. The van der Waals surface area contributed by atoms with Crippen LogP contribution in [0.2, 0.25) is 0 Å². The van der Waals surface area contributed by atoms with Crippen molar-refractivity contribution in [3.8, 4) is 11.6 Å². The maximum atomic E-state index is 5.38.